The molecule has 8 heteroatoms. The van der Waals surface area contributed by atoms with Crippen LogP contribution in [0.3, 0.4) is 0 Å². The van der Waals surface area contributed by atoms with E-state index in [4.69, 9.17) is 0 Å². The Bertz CT molecular complexity index is 487. The van der Waals surface area contributed by atoms with Gasteiger partial charge in [-0.3, -0.25) is 0 Å². The molecule has 0 saturated carbocycles. The van der Waals surface area contributed by atoms with Crippen LogP contribution in [0.2, 0.25) is 0 Å². The summed E-state index contributed by atoms with van der Waals surface area (Å²) in [6.07, 6.45) is 2.56. The smallest absolute Gasteiger partial charge is 0.228 e. The van der Waals surface area contributed by atoms with Crippen molar-refractivity contribution in [3.8, 4) is 0 Å². The van der Waals surface area contributed by atoms with E-state index in [1.165, 1.54) is 4.31 Å². The number of nitrogens with zero attached hydrogens (tertiary/aromatic N) is 1. The number of hydrogen-bond donors (Lipinski definition) is 1. The van der Waals surface area contributed by atoms with Crippen molar-refractivity contribution in [1.82, 2.24) is 9.62 Å². The second kappa shape index (κ2) is 6.51. The molecule has 1 aliphatic rings. The zero-order chi connectivity index (χ0) is 14.7. The molecule has 19 heavy (non-hydrogen) atoms. The molecule has 6 nitrogen and oxygen atoms in total. The average molecular weight is 312 g/mol. The van der Waals surface area contributed by atoms with Gasteiger partial charge >= 0.3 is 0 Å². The summed E-state index contributed by atoms with van der Waals surface area (Å²) in [5.74, 6) is 0.239. The fourth-order valence-corrected chi connectivity index (χ4v) is 6.10. The van der Waals surface area contributed by atoms with Crippen LogP contribution in [0.1, 0.15) is 26.7 Å². The van der Waals surface area contributed by atoms with Crippen LogP contribution in [0, 0.1) is 5.92 Å². The number of rotatable bonds is 6. The molecule has 0 bridgehead atoms. The molecule has 1 rings (SSSR count). The summed E-state index contributed by atoms with van der Waals surface area (Å²) in [4.78, 5) is 0. The number of sulfone groups is 1. The summed E-state index contributed by atoms with van der Waals surface area (Å²) >= 11 is 0. The van der Waals surface area contributed by atoms with E-state index >= 15 is 0 Å². The largest absolute Gasteiger partial charge is 0.314 e. The molecule has 0 spiro atoms. The molecule has 2 unspecified atom stereocenters. The molecule has 114 valence electrons. The molecule has 1 N–H and O–H groups in total. The molecule has 0 amide bonds. The molecular formula is C11H24N2O4S2. The number of piperidine rings is 1. The normalized spacial score (nSPS) is 26.5. The van der Waals surface area contributed by atoms with Gasteiger partial charge in [0.1, 0.15) is 0 Å². The Morgan fingerprint density at radius 3 is 2.32 bits per heavy atom. The summed E-state index contributed by atoms with van der Waals surface area (Å²) in [7, 11) is -7.23. The first kappa shape index (κ1) is 16.9. The van der Waals surface area contributed by atoms with E-state index in [-0.39, 0.29) is 5.92 Å². The summed E-state index contributed by atoms with van der Waals surface area (Å²) < 4.78 is 47.8. The zero-order valence-electron chi connectivity index (χ0n) is 11.8. The van der Waals surface area contributed by atoms with Crippen molar-refractivity contribution in [2.24, 2.45) is 5.92 Å². The van der Waals surface area contributed by atoms with Crippen molar-refractivity contribution in [1.29, 1.82) is 0 Å². The molecule has 0 aromatic carbocycles. The summed E-state index contributed by atoms with van der Waals surface area (Å²) in [5.41, 5.74) is 0. The third-order valence-corrected chi connectivity index (χ3v) is 7.47. The van der Waals surface area contributed by atoms with E-state index in [2.05, 4.69) is 5.32 Å². The Morgan fingerprint density at radius 2 is 1.84 bits per heavy atom. The van der Waals surface area contributed by atoms with E-state index in [1.807, 2.05) is 13.8 Å². The number of sulfonamides is 1. The Kier molecular flexibility index (Phi) is 5.78. The third-order valence-electron chi connectivity index (χ3n) is 3.44. The lowest BCUT2D eigenvalue weighted by Crippen LogP contribution is -2.51. The van der Waals surface area contributed by atoms with Crippen molar-refractivity contribution >= 4 is 19.9 Å². The molecule has 0 aliphatic carbocycles. The van der Waals surface area contributed by atoms with Crippen molar-refractivity contribution in [2.75, 3.05) is 31.0 Å². The van der Waals surface area contributed by atoms with Gasteiger partial charge in [-0.2, -0.15) is 0 Å². The summed E-state index contributed by atoms with van der Waals surface area (Å²) in [6.45, 7) is 5.72. The minimum Gasteiger partial charge on any atom is -0.314 e. The highest BCUT2D eigenvalue weighted by Gasteiger charge is 2.34. The van der Waals surface area contributed by atoms with Crippen LogP contribution < -0.4 is 5.32 Å². The van der Waals surface area contributed by atoms with Gasteiger partial charge in [0, 0.05) is 25.4 Å². The van der Waals surface area contributed by atoms with Crippen LogP contribution in [0.5, 0.6) is 0 Å². The van der Waals surface area contributed by atoms with Gasteiger partial charge in [0.15, 0.2) is 14.9 Å². The van der Waals surface area contributed by atoms with Crippen molar-refractivity contribution in [3.05, 3.63) is 0 Å². The highest BCUT2D eigenvalue weighted by Crippen LogP contribution is 2.23. The second-order valence-corrected chi connectivity index (χ2v) is 9.61. The minimum atomic E-state index is -3.70. The maximum Gasteiger partial charge on any atom is 0.228 e. The van der Waals surface area contributed by atoms with E-state index in [0.29, 0.717) is 19.1 Å². The summed E-state index contributed by atoms with van der Waals surface area (Å²) in [6, 6.07) is 0.319. The third kappa shape index (κ3) is 5.02. The van der Waals surface area contributed by atoms with Crippen LogP contribution in [0.4, 0.5) is 0 Å². The first-order valence-corrected chi connectivity index (χ1v) is 10.3. The van der Waals surface area contributed by atoms with Crippen molar-refractivity contribution in [3.63, 3.8) is 0 Å². The molecule has 1 aliphatic heterocycles. The van der Waals surface area contributed by atoms with Gasteiger partial charge in [0.2, 0.25) is 10.0 Å². The maximum absolute atomic E-state index is 12.1. The first-order chi connectivity index (χ1) is 8.69. The molecule has 1 saturated heterocycles. The fraction of sp³-hybridized carbons (Fsp3) is 1.00. The predicted molar refractivity (Wildman–Crippen MR) is 76.1 cm³/mol. The molecule has 0 radical (unpaired) electrons. The van der Waals surface area contributed by atoms with Gasteiger partial charge in [-0.05, 0) is 18.9 Å². The van der Waals surface area contributed by atoms with Gasteiger partial charge < -0.3 is 5.32 Å². The van der Waals surface area contributed by atoms with Crippen LogP contribution in [0.25, 0.3) is 0 Å². The lowest BCUT2D eigenvalue weighted by Gasteiger charge is -2.37. The van der Waals surface area contributed by atoms with Gasteiger partial charge in [-0.1, -0.05) is 20.3 Å². The van der Waals surface area contributed by atoms with Crippen molar-refractivity contribution in [2.45, 2.75) is 32.7 Å². The Morgan fingerprint density at radius 1 is 1.21 bits per heavy atom. The van der Waals surface area contributed by atoms with E-state index in [1.54, 1.807) is 0 Å². The van der Waals surface area contributed by atoms with Gasteiger partial charge in [0.05, 0.1) is 0 Å². The zero-order valence-corrected chi connectivity index (χ0v) is 13.4. The topological polar surface area (TPSA) is 83.6 Å². The van der Waals surface area contributed by atoms with Gasteiger partial charge in [-0.15, -0.1) is 0 Å². The Balaban J connectivity index is 2.78. The SMILES string of the molecule is CCNC1CCN(S(=O)(=O)CS(C)(=O)=O)CC1CC. The maximum atomic E-state index is 12.1. The molecule has 0 aromatic rings. The fourth-order valence-electron chi connectivity index (χ4n) is 2.54. The monoisotopic (exact) mass is 312 g/mol. The molecular weight excluding hydrogens is 288 g/mol. The van der Waals surface area contributed by atoms with Crippen LogP contribution >= 0.6 is 0 Å². The highest BCUT2D eigenvalue weighted by atomic mass is 32.3. The lowest BCUT2D eigenvalue weighted by atomic mass is 9.91. The quantitative estimate of drug-likeness (QED) is 0.748. The van der Waals surface area contributed by atoms with Crippen LogP contribution in [-0.4, -0.2) is 58.2 Å². The Hall–Kier alpha value is -0.180. The predicted octanol–water partition coefficient (Wildman–Crippen LogP) is 0.0283. The molecule has 1 heterocycles. The Labute approximate surface area is 116 Å². The number of hydrogen-bond acceptors (Lipinski definition) is 5. The van der Waals surface area contributed by atoms with E-state index in [0.717, 1.165) is 25.6 Å². The molecule has 1 fully saturated rings. The minimum absolute atomic E-state index is 0.239. The lowest BCUT2D eigenvalue weighted by molar-refractivity contribution is 0.204. The van der Waals surface area contributed by atoms with Crippen LogP contribution in [-0.2, 0) is 19.9 Å². The molecule has 2 atom stereocenters. The first-order valence-electron chi connectivity index (χ1n) is 6.58. The molecule has 0 aromatic heterocycles. The van der Waals surface area contributed by atoms with Gasteiger partial charge in [0.25, 0.3) is 0 Å². The van der Waals surface area contributed by atoms with Crippen molar-refractivity contribution < 1.29 is 16.8 Å². The second-order valence-electron chi connectivity index (χ2n) is 5.13. The average Bonchev–Trinajstić information content (AvgIpc) is 2.26. The van der Waals surface area contributed by atoms with E-state index in [9.17, 15) is 16.8 Å². The summed E-state index contributed by atoms with van der Waals surface area (Å²) in [5, 5.41) is 2.58. The standard InChI is InChI=1S/C11H24N2O4S2/c1-4-10-8-13(7-6-11(10)12-5-2)19(16,17)9-18(3,14)15/h10-12H,4-9H2,1-3H3. The van der Waals surface area contributed by atoms with E-state index < -0.39 is 24.9 Å². The number of nitrogens with one attached hydrogen (secondary N) is 1. The van der Waals surface area contributed by atoms with Crippen LogP contribution in [0.15, 0.2) is 0 Å². The van der Waals surface area contributed by atoms with Gasteiger partial charge in [-0.25, -0.2) is 21.1 Å². The highest BCUT2D eigenvalue weighted by molar-refractivity contribution is 8.06.